The number of rotatable bonds is 7. The van der Waals surface area contributed by atoms with Crippen LogP contribution in [0.5, 0.6) is 0 Å². The molecule has 0 atom stereocenters. The first kappa shape index (κ1) is 17.9. The van der Waals surface area contributed by atoms with Gasteiger partial charge in [-0.25, -0.2) is 0 Å². The highest BCUT2D eigenvalue weighted by molar-refractivity contribution is 7.09. The van der Waals surface area contributed by atoms with E-state index in [1.807, 2.05) is 42.5 Å². The molecule has 0 unspecified atom stereocenters. The first-order chi connectivity index (χ1) is 12.8. The van der Waals surface area contributed by atoms with Crippen LogP contribution in [-0.4, -0.2) is 17.5 Å². The van der Waals surface area contributed by atoms with Gasteiger partial charge in [0.05, 0.1) is 17.1 Å². The van der Waals surface area contributed by atoms with Crippen LogP contribution in [0.2, 0.25) is 0 Å². The Morgan fingerprint density at radius 1 is 0.731 bits per heavy atom. The molecule has 0 saturated carbocycles. The molecule has 0 spiro atoms. The van der Waals surface area contributed by atoms with Gasteiger partial charge in [0.15, 0.2) is 5.00 Å². The molecule has 0 radical (unpaired) electrons. The highest BCUT2D eigenvalue weighted by atomic mass is 32.1. The Morgan fingerprint density at radius 3 is 1.69 bits per heavy atom. The zero-order valence-corrected chi connectivity index (χ0v) is 15.6. The molecule has 2 aromatic carbocycles. The largest absolute Gasteiger partial charge is 0.372 e. The highest BCUT2D eigenvalue weighted by Gasteiger charge is 2.01. The van der Waals surface area contributed by atoms with Crippen LogP contribution in [-0.2, 0) is 0 Å². The topological polar surface area (TPSA) is 65.6 Å². The van der Waals surface area contributed by atoms with Crippen LogP contribution in [0.3, 0.4) is 0 Å². The Balaban J connectivity index is 1.63. The summed E-state index contributed by atoms with van der Waals surface area (Å²) in [6, 6.07) is 17.4. The van der Waals surface area contributed by atoms with Gasteiger partial charge < -0.3 is 4.90 Å². The molecule has 0 saturated heterocycles. The molecule has 0 aliphatic carbocycles. The maximum atomic E-state index is 4.29. The van der Waals surface area contributed by atoms with Crippen molar-refractivity contribution >= 4 is 39.3 Å². The van der Waals surface area contributed by atoms with E-state index in [-0.39, 0.29) is 0 Å². The summed E-state index contributed by atoms with van der Waals surface area (Å²) in [4.78, 5) is 2.29. The van der Waals surface area contributed by atoms with Crippen molar-refractivity contribution in [2.24, 2.45) is 20.5 Å². The van der Waals surface area contributed by atoms with Gasteiger partial charge in [0.25, 0.3) is 0 Å². The molecule has 7 heteroatoms. The van der Waals surface area contributed by atoms with Gasteiger partial charge in [-0.2, -0.15) is 14.6 Å². The Bertz CT molecular complexity index is 850. The molecule has 132 valence electrons. The van der Waals surface area contributed by atoms with E-state index in [0.29, 0.717) is 0 Å². The van der Waals surface area contributed by atoms with Crippen LogP contribution in [0.1, 0.15) is 13.8 Å². The van der Waals surface area contributed by atoms with E-state index in [4.69, 9.17) is 0 Å². The highest BCUT2D eigenvalue weighted by Crippen LogP contribution is 2.25. The van der Waals surface area contributed by atoms with E-state index in [0.717, 1.165) is 35.2 Å². The first-order valence-corrected chi connectivity index (χ1v) is 9.25. The quantitative estimate of drug-likeness (QED) is 0.432. The number of nitrogens with zero attached hydrogens (tertiary/aromatic N) is 6. The van der Waals surface area contributed by atoms with Crippen molar-refractivity contribution < 1.29 is 0 Å². The molecule has 0 aliphatic rings. The summed E-state index contributed by atoms with van der Waals surface area (Å²) in [6.07, 6.45) is 1.71. The number of benzene rings is 2. The summed E-state index contributed by atoms with van der Waals surface area (Å²) in [5.74, 6) is 0. The van der Waals surface area contributed by atoms with Crippen molar-refractivity contribution in [1.29, 1.82) is 0 Å². The number of azo groups is 2. The Kier molecular flexibility index (Phi) is 6.16. The molecule has 0 fully saturated rings. The van der Waals surface area contributed by atoms with Crippen molar-refractivity contribution in [3.8, 4) is 0 Å². The lowest BCUT2D eigenvalue weighted by atomic mass is 10.2. The van der Waals surface area contributed by atoms with Crippen molar-refractivity contribution in [2.75, 3.05) is 18.0 Å². The minimum atomic E-state index is 0.765. The van der Waals surface area contributed by atoms with Gasteiger partial charge in [-0.3, -0.25) is 0 Å². The van der Waals surface area contributed by atoms with Crippen LogP contribution >= 0.6 is 11.5 Å². The van der Waals surface area contributed by atoms with E-state index in [2.05, 4.69) is 55.7 Å². The molecule has 1 aromatic heterocycles. The molecular weight excluding hydrogens is 344 g/mol. The Morgan fingerprint density at radius 2 is 1.23 bits per heavy atom. The number of anilines is 1. The SMILES string of the molecule is CCN(CC)c1ccc(/N=N/c2ccc(/N=N/c3ccns3)cc2)cc1. The fraction of sp³-hybridized carbons (Fsp3) is 0.211. The van der Waals surface area contributed by atoms with Gasteiger partial charge in [-0.05, 0) is 80.0 Å². The third kappa shape index (κ3) is 4.80. The van der Waals surface area contributed by atoms with Crippen LogP contribution in [0, 0.1) is 0 Å². The summed E-state index contributed by atoms with van der Waals surface area (Å²) >= 11 is 1.31. The maximum absolute atomic E-state index is 4.29. The first-order valence-electron chi connectivity index (χ1n) is 8.47. The summed E-state index contributed by atoms with van der Waals surface area (Å²) in [7, 11) is 0. The maximum Gasteiger partial charge on any atom is 0.158 e. The van der Waals surface area contributed by atoms with Gasteiger partial charge in [0.2, 0.25) is 0 Å². The smallest absolute Gasteiger partial charge is 0.158 e. The normalized spacial score (nSPS) is 11.5. The Labute approximate surface area is 157 Å². The van der Waals surface area contributed by atoms with Crippen LogP contribution in [0.25, 0.3) is 0 Å². The number of hydrogen-bond acceptors (Lipinski definition) is 7. The van der Waals surface area contributed by atoms with E-state index in [1.54, 1.807) is 6.20 Å². The van der Waals surface area contributed by atoms with Gasteiger partial charge in [-0.1, -0.05) is 0 Å². The monoisotopic (exact) mass is 364 g/mol. The molecule has 0 aliphatic heterocycles. The van der Waals surface area contributed by atoms with Crippen LogP contribution < -0.4 is 4.90 Å². The molecule has 26 heavy (non-hydrogen) atoms. The lowest BCUT2D eigenvalue weighted by molar-refractivity contribution is 0.866. The third-order valence-electron chi connectivity index (χ3n) is 3.80. The average Bonchev–Trinajstić information content (AvgIpc) is 3.21. The summed E-state index contributed by atoms with van der Waals surface area (Å²) in [5, 5.41) is 17.6. The molecule has 0 amide bonds. The zero-order chi connectivity index (χ0) is 18.2. The standard InChI is InChI=1S/C19H20N6S/c1-3-25(4-2)18-11-9-17(10-12-18)22-21-15-5-7-16(8-6-15)23-24-19-13-14-20-26-19/h5-14H,3-4H2,1-2H3/b22-21+,24-23+. The summed E-state index contributed by atoms with van der Waals surface area (Å²) < 4.78 is 3.98. The van der Waals surface area contributed by atoms with Crippen LogP contribution in [0.4, 0.5) is 27.8 Å². The van der Waals surface area contributed by atoms with Crippen LogP contribution in [0.15, 0.2) is 81.3 Å². The molecule has 6 nitrogen and oxygen atoms in total. The van der Waals surface area contributed by atoms with Crippen molar-refractivity contribution in [1.82, 2.24) is 4.37 Å². The van der Waals surface area contributed by atoms with Crippen molar-refractivity contribution in [3.05, 3.63) is 60.8 Å². The lowest BCUT2D eigenvalue weighted by Gasteiger charge is -2.20. The minimum absolute atomic E-state index is 0.765. The van der Waals surface area contributed by atoms with E-state index in [9.17, 15) is 0 Å². The second-order valence-corrected chi connectivity index (χ2v) is 6.27. The molecule has 0 bridgehead atoms. The predicted molar refractivity (Wildman–Crippen MR) is 107 cm³/mol. The number of aromatic nitrogens is 1. The molecule has 1 heterocycles. The molecule has 0 N–H and O–H groups in total. The second kappa shape index (κ2) is 8.96. The molecular formula is C19H20N6S. The predicted octanol–water partition coefficient (Wildman–Crippen LogP) is 6.82. The van der Waals surface area contributed by atoms with Crippen molar-refractivity contribution in [3.63, 3.8) is 0 Å². The van der Waals surface area contributed by atoms with E-state index in [1.165, 1.54) is 17.2 Å². The van der Waals surface area contributed by atoms with Gasteiger partial charge in [0.1, 0.15) is 0 Å². The minimum Gasteiger partial charge on any atom is -0.372 e. The fourth-order valence-corrected chi connectivity index (χ4v) is 2.82. The Hall–Kier alpha value is -2.93. The summed E-state index contributed by atoms with van der Waals surface area (Å²) in [6.45, 7) is 6.28. The summed E-state index contributed by atoms with van der Waals surface area (Å²) in [5.41, 5.74) is 3.56. The van der Waals surface area contributed by atoms with Crippen molar-refractivity contribution in [2.45, 2.75) is 13.8 Å². The average molecular weight is 364 g/mol. The van der Waals surface area contributed by atoms with Gasteiger partial charge in [0, 0.05) is 25.0 Å². The van der Waals surface area contributed by atoms with Gasteiger partial charge >= 0.3 is 0 Å². The number of hydrogen-bond donors (Lipinski definition) is 0. The fourth-order valence-electron chi connectivity index (χ4n) is 2.39. The lowest BCUT2D eigenvalue weighted by Crippen LogP contribution is -2.21. The van der Waals surface area contributed by atoms with E-state index >= 15 is 0 Å². The van der Waals surface area contributed by atoms with E-state index < -0.39 is 0 Å². The molecule has 3 aromatic rings. The third-order valence-corrected chi connectivity index (χ3v) is 4.43. The second-order valence-electron chi connectivity index (χ2n) is 5.46. The zero-order valence-electron chi connectivity index (χ0n) is 14.8. The molecule has 3 rings (SSSR count). The van der Waals surface area contributed by atoms with Gasteiger partial charge in [-0.15, -0.1) is 10.2 Å².